The van der Waals surface area contributed by atoms with Crippen molar-refractivity contribution in [3.8, 4) is 0 Å². The summed E-state index contributed by atoms with van der Waals surface area (Å²) in [6.45, 7) is 3.44. The Balaban J connectivity index is 1.89. The fourth-order valence-corrected chi connectivity index (χ4v) is 1.58. The molecule has 0 unspecified atom stereocenters. The van der Waals surface area contributed by atoms with Crippen LogP contribution in [0.25, 0.3) is 0 Å². The molecule has 70 valence electrons. The molecule has 1 fully saturated rings. The molecule has 0 aromatic carbocycles. The monoisotopic (exact) mass is 197 g/mol. The Morgan fingerprint density at radius 1 is 1.54 bits per heavy atom. The molecule has 5 heteroatoms. The van der Waals surface area contributed by atoms with Gasteiger partial charge in [0.2, 0.25) is 5.13 Å². The first-order chi connectivity index (χ1) is 6.45. The maximum atomic E-state index is 5.22. The van der Waals surface area contributed by atoms with Crippen molar-refractivity contribution in [2.75, 3.05) is 26.3 Å². The number of aromatic nitrogens is 1. The van der Waals surface area contributed by atoms with E-state index in [9.17, 15) is 0 Å². The predicted octanol–water partition coefficient (Wildman–Crippen LogP) is 1.14. The van der Waals surface area contributed by atoms with E-state index in [1.165, 1.54) is 0 Å². The first-order valence-corrected chi connectivity index (χ1v) is 5.08. The van der Waals surface area contributed by atoms with Crippen molar-refractivity contribution < 1.29 is 4.74 Å². The predicted molar refractivity (Wildman–Crippen MR) is 52.7 cm³/mol. The Bertz CT molecular complexity index is 267. The van der Waals surface area contributed by atoms with E-state index in [0.717, 1.165) is 31.4 Å². The summed E-state index contributed by atoms with van der Waals surface area (Å²) in [7, 11) is 0. The zero-order valence-electron chi connectivity index (χ0n) is 7.22. The van der Waals surface area contributed by atoms with Gasteiger partial charge in [0, 0.05) is 24.7 Å². The van der Waals surface area contributed by atoms with E-state index >= 15 is 0 Å². The minimum Gasteiger partial charge on any atom is -0.378 e. The average Bonchev–Trinajstić information content (AvgIpc) is 2.69. The molecular weight excluding hydrogens is 186 g/mol. The van der Waals surface area contributed by atoms with E-state index < -0.39 is 0 Å². The van der Waals surface area contributed by atoms with Gasteiger partial charge in [0.05, 0.1) is 19.6 Å². The minimum atomic E-state index is 0.796. The van der Waals surface area contributed by atoms with Crippen molar-refractivity contribution in [3.63, 3.8) is 0 Å². The van der Waals surface area contributed by atoms with Crippen molar-refractivity contribution in [1.29, 1.82) is 0 Å². The number of ether oxygens (including phenoxy) is 1. The molecule has 0 aliphatic carbocycles. The lowest BCUT2D eigenvalue weighted by molar-refractivity contribution is 0.0701. The van der Waals surface area contributed by atoms with Gasteiger partial charge in [-0.1, -0.05) is 0 Å². The number of nitrogens with zero attached hydrogens (tertiary/aromatic N) is 3. The summed E-state index contributed by atoms with van der Waals surface area (Å²) in [4.78, 5) is 10.4. The molecule has 1 aliphatic heterocycles. The molecule has 1 saturated heterocycles. The van der Waals surface area contributed by atoms with Gasteiger partial charge < -0.3 is 9.64 Å². The Hall–Kier alpha value is -0.940. The van der Waals surface area contributed by atoms with Crippen LogP contribution in [0.1, 0.15) is 0 Å². The SMILES string of the molecule is C(=N\c1nccs1)/N1CCOCC1. The summed E-state index contributed by atoms with van der Waals surface area (Å²) < 4.78 is 5.22. The Morgan fingerprint density at radius 2 is 2.38 bits per heavy atom. The van der Waals surface area contributed by atoms with Gasteiger partial charge in [0.15, 0.2) is 0 Å². The molecule has 4 nitrogen and oxygen atoms in total. The molecule has 0 N–H and O–H groups in total. The number of hydrogen-bond donors (Lipinski definition) is 0. The number of aliphatic imine (C=N–C) groups is 1. The number of morpholine rings is 1. The minimum absolute atomic E-state index is 0.796. The lowest BCUT2D eigenvalue weighted by Crippen LogP contribution is -2.34. The third-order valence-corrected chi connectivity index (χ3v) is 2.48. The van der Waals surface area contributed by atoms with Crippen LogP contribution in [0.4, 0.5) is 5.13 Å². The van der Waals surface area contributed by atoms with Gasteiger partial charge in [-0.3, -0.25) is 0 Å². The van der Waals surface area contributed by atoms with E-state index in [4.69, 9.17) is 4.74 Å². The van der Waals surface area contributed by atoms with Gasteiger partial charge in [-0.05, 0) is 0 Å². The number of thiazole rings is 1. The van der Waals surface area contributed by atoms with E-state index in [2.05, 4.69) is 14.9 Å². The van der Waals surface area contributed by atoms with Gasteiger partial charge in [-0.2, -0.15) is 0 Å². The third-order valence-electron chi connectivity index (χ3n) is 1.80. The van der Waals surface area contributed by atoms with Crippen LogP contribution >= 0.6 is 11.3 Å². The zero-order chi connectivity index (χ0) is 8.93. The van der Waals surface area contributed by atoms with Gasteiger partial charge in [-0.15, -0.1) is 11.3 Å². The quantitative estimate of drug-likeness (QED) is 0.527. The molecule has 1 aliphatic rings. The normalized spacial score (nSPS) is 18.3. The largest absolute Gasteiger partial charge is 0.378 e. The number of hydrogen-bond acceptors (Lipinski definition) is 4. The van der Waals surface area contributed by atoms with E-state index in [0.29, 0.717) is 0 Å². The van der Waals surface area contributed by atoms with Gasteiger partial charge in [0.25, 0.3) is 0 Å². The van der Waals surface area contributed by atoms with Crippen molar-refractivity contribution in [2.45, 2.75) is 0 Å². The molecule has 0 amide bonds. The maximum Gasteiger partial charge on any atom is 0.210 e. The van der Waals surface area contributed by atoms with E-state index in [-0.39, 0.29) is 0 Å². The molecule has 13 heavy (non-hydrogen) atoms. The van der Waals surface area contributed by atoms with Gasteiger partial charge >= 0.3 is 0 Å². The van der Waals surface area contributed by atoms with Crippen LogP contribution in [0.2, 0.25) is 0 Å². The molecular formula is C8H11N3OS. The third kappa shape index (κ3) is 2.50. The topological polar surface area (TPSA) is 37.7 Å². The smallest absolute Gasteiger partial charge is 0.210 e. The first-order valence-electron chi connectivity index (χ1n) is 4.20. The average molecular weight is 197 g/mol. The highest BCUT2D eigenvalue weighted by Crippen LogP contribution is 2.13. The van der Waals surface area contributed by atoms with Crippen LogP contribution in [-0.4, -0.2) is 42.5 Å². The molecule has 0 atom stereocenters. The molecule has 0 saturated carbocycles. The lowest BCUT2D eigenvalue weighted by atomic mass is 10.5. The number of rotatable bonds is 2. The fourth-order valence-electron chi connectivity index (χ4n) is 1.10. The molecule has 1 aromatic rings. The fraction of sp³-hybridized carbons (Fsp3) is 0.500. The Labute approximate surface area is 80.9 Å². The van der Waals surface area contributed by atoms with Crippen LogP contribution < -0.4 is 0 Å². The zero-order valence-corrected chi connectivity index (χ0v) is 8.04. The highest BCUT2D eigenvalue weighted by Gasteiger charge is 2.05. The summed E-state index contributed by atoms with van der Waals surface area (Å²) in [5, 5.41) is 2.73. The molecule has 2 heterocycles. The summed E-state index contributed by atoms with van der Waals surface area (Å²) in [6, 6.07) is 0. The Morgan fingerprint density at radius 3 is 3.08 bits per heavy atom. The van der Waals surface area contributed by atoms with Crippen LogP contribution in [0.15, 0.2) is 16.6 Å². The van der Waals surface area contributed by atoms with Crippen LogP contribution in [0.5, 0.6) is 0 Å². The van der Waals surface area contributed by atoms with Crippen molar-refractivity contribution in [1.82, 2.24) is 9.88 Å². The standard InChI is InChI=1S/C8H11N3OS/c1-6-13-8(9-1)10-7-11-2-4-12-5-3-11/h1,6-7H,2-5H2/b10-7+. The summed E-state index contributed by atoms with van der Waals surface area (Å²) >= 11 is 1.54. The molecule has 2 rings (SSSR count). The first kappa shape index (κ1) is 8.65. The van der Waals surface area contributed by atoms with Crippen molar-refractivity contribution >= 4 is 22.8 Å². The second-order valence-corrected chi connectivity index (χ2v) is 3.58. The van der Waals surface area contributed by atoms with Crippen molar-refractivity contribution in [2.24, 2.45) is 4.99 Å². The van der Waals surface area contributed by atoms with E-state index in [1.807, 2.05) is 11.7 Å². The van der Waals surface area contributed by atoms with Crippen LogP contribution in [0, 0.1) is 0 Å². The molecule has 0 spiro atoms. The highest BCUT2D eigenvalue weighted by molar-refractivity contribution is 7.13. The highest BCUT2D eigenvalue weighted by atomic mass is 32.1. The van der Waals surface area contributed by atoms with Gasteiger partial charge in [0.1, 0.15) is 0 Å². The van der Waals surface area contributed by atoms with E-state index in [1.54, 1.807) is 17.5 Å². The molecule has 0 bridgehead atoms. The summed E-state index contributed by atoms with van der Waals surface area (Å²) in [5.74, 6) is 0. The molecule has 1 aromatic heterocycles. The van der Waals surface area contributed by atoms with Gasteiger partial charge in [-0.25, -0.2) is 9.98 Å². The second-order valence-electron chi connectivity index (χ2n) is 2.71. The summed E-state index contributed by atoms with van der Waals surface area (Å²) in [5.41, 5.74) is 0. The maximum absolute atomic E-state index is 5.22. The second kappa shape index (κ2) is 4.34. The Kier molecular flexibility index (Phi) is 2.89. The lowest BCUT2D eigenvalue weighted by Gasteiger charge is -2.23. The van der Waals surface area contributed by atoms with Crippen LogP contribution in [0.3, 0.4) is 0 Å². The summed E-state index contributed by atoms with van der Waals surface area (Å²) in [6.07, 6.45) is 3.61. The van der Waals surface area contributed by atoms with Crippen LogP contribution in [-0.2, 0) is 4.74 Å². The molecule has 0 radical (unpaired) electrons. The van der Waals surface area contributed by atoms with Crippen molar-refractivity contribution in [3.05, 3.63) is 11.6 Å².